The molecule has 0 saturated heterocycles. The maximum Gasteiger partial charge on any atom is 0.104 e. The van der Waals surface area contributed by atoms with Crippen molar-refractivity contribution in [2.75, 3.05) is 5.32 Å². The Kier molecular flexibility index (Phi) is 4.99. The molecule has 0 heterocycles. The number of aryl methyl sites for hydroxylation is 1. The third kappa shape index (κ3) is 3.50. The summed E-state index contributed by atoms with van der Waals surface area (Å²) in [6.45, 7) is 2.17. The second-order valence-corrected chi connectivity index (χ2v) is 5.44. The zero-order valence-electron chi connectivity index (χ0n) is 11.3. The van der Waals surface area contributed by atoms with E-state index in [2.05, 4.69) is 24.4 Å². The molecule has 0 unspecified atom stereocenters. The molecule has 104 valence electrons. The van der Waals surface area contributed by atoms with Crippen LogP contribution in [0.3, 0.4) is 0 Å². The lowest BCUT2D eigenvalue weighted by molar-refractivity contribution is 0.923. The van der Waals surface area contributed by atoms with Gasteiger partial charge in [-0.2, -0.15) is 0 Å². The number of benzene rings is 2. The van der Waals surface area contributed by atoms with E-state index >= 15 is 0 Å². The molecule has 2 rings (SSSR count). The lowest BCUT2D eigenvalue weighted by atomic mass is 10.1. The molecule has 0 radical (unpaired) electrons. The zero-order valence-corrected chi connectivity index (χ0v) is 12.9. The summed E-state index contributed by atoms with van der Waals surface area (Å²) < 4.78 is 0. The second-order valence-electron chi connectivity index (χ2n) is 4.59. The van der Waals surface area contributed by atoms with Crippen LogP contribution in [-0.2, 0) is 6.42 Å². The van der Waals surface area contributed by atoms with Crippen molar-refractivity contribution in [3.8, 4) is 0 Å². The van der Waals surface area contributed by atoms with Gasteiger partial charge in [-0.15, -0.1) is 0 Å². The van der Waals surface area contributed by atoms with Gasteiger partial charge in [-0.1, -0.05) is 55.4 Å². The van der Waals surface area contributed by atoms with Crippen molar-refractivity contribution in [3.63, 3.8) is 0 Å². The van der Waals surface area contributed by atoms with E-state index in [0.29, 0.717) is 10.0 Å². The summed E-state index contributed by atoms with van der Waals surface area (Å²) >= 11 is 11.2. The highest BCUT2D eigenvalue weighted by molar-refractivity contribution is 7.80. The predicted molar refractivity (Wildman–Crippen MR) is 91.1 cm³/mol. The highest BCUT2D eigenvalue weighted by atomic mass is 35.5. The fraction of sp³-hybridized carbons (Fsp3) is 0.188. The predicted octanol–water partition coefficient (Wildman–Crippen LogP) is 4.67. The summed E-state index contributed by atoms with van der Waals surface area (Å²) in [5.74, 6) is 0. The maximum atomic E-state index is 6.28. The Hall–Kier alpha value is -1.58. The Bertz CT molecular complexity index is 626. The monoisotopic (exact) mass is 304 g/mol. The van der Waals surface area contributed by atoms with Gasteiger partial charge < -0.3 is 11.1 Å². The molecule has 20 heavy (non-hydrogen) atoms. The lowest BCUT2D eigenvalue weighted by Crippen LogP contribution is -2.09. The van der Waals surface area contributed by atoms with E-state index < -0.39 is 0 Å². The number of hydrogen-bond acceptors (Lipinski definition) is 2. The van der Waals surface area contributed by atoms with Gasteiger partial charge >= 0.3 is 0 Å². The van der Waals surface area contributed by atoms with Gasteiger partial charge in [0.15, 0.2) is 0 Å². The van der Waals surface area contributed by atoms with Crippen LogP contribution in [-0.4, -0.2) is 4.99 Å². The van der Waals surface area contributed by atoms with Crippen LogP contribution in [0.2, 0.25) is 5.02 Å². The average molecular weight is 305 g/mol. The standard InChI is InChI=1S/C16H17ClN2S/c1-2-5-11-6-3-4-7-14(11)19-15-9-8-12(16(18)20)10-13(15)17/h3-4,6-10,19H,2,5H2,1H3,(H2,18,20). The van der Waals surface area contributed by atoms with E-state index in [9.17, 15) is 0 Å². The minimum Gasteiger partial charge on any atom is -0.389 e. The largest absolute Gasteiger partial charge is 0.389 e. The summed E-state index contributed by atoms with van der Waals surface area (Å²) in [6.07, 6.45) is 2.14. The van der Waals surface area contributed by atoms with Crippen LogP contribution in [0.25, 0.3) is 0 Å². The van der Waals surface area contributed by atoms with E-state index in [4.69, 9.17) is 29.6 Å². The third-order valence-electron chi connectivity index (χ3n) is 3.06. The van der Waals surface area contributed by atoms with E-state index in [1.807, 2.05) is 24.3 Å². The first-order chi connectivity index (χ1) is 9.61. The zero-order chi connectivity index (χ0) is 14.5. The number of nitrogens with two attached hydrogens (primary N) is 1. The molecule has 0 amide bonds. The molecular weight excluding hydrogens is 288 g/mol. The fourth-order valence-electron chi connectivity index (χ4n) is 2.04. The fourth-order valence-corrected chi connectivity index (χ4v) is 2.40. The number of anilines is 2. The molecule has 0 aliphatic heterocycles. The molecular formula is C16H17ClN2S. The van der Waals surface area contributed by atoms with E-state index in [0.717, 1.165) is 29.8 Å². The highest BCUT2D eigenvalue weighted by Crippen LogP contribution is 2.28. The van der Waals surface area contributed by atoms with Crippen LogP contribution in [0.5, 0.6) is 0 Å². The summed E-state index contributed by atoms with van der Waals surface area (Å²) in [5.41, 5.74) is 9.60. The smallest absolute Gasteiger partial charge is 0.104 e. The molecule has 0 bridgehead atoms. The van der Waals surface area contributed by atoms with Gasteiger partial charge in [0.05, 0.1) is 10.7 Å². The van der Waals surface area contributed by atoms with Crippen molar-refractivity contribution >= 4 is 40.2 Å². The molecule has 2 aromatic carbocycles. The molecule has 2 nitrogen and oxygen atoms in total. The van der Waals surface area contributed by atoms with Crippen molar-refractivity contribution in [2.45, 2.75) is 19.8 Å². The van der Waals surface area contributed by atoms with Gasteiger partial charge in [-0.3, -0.25) is 0 Å². The van der Waals surface area contributed by atoms with Crippen molar-refractivity contribution in [1.29, 1.82) is 0 Å². The quantitative estimate of drug-likeness (QED) is 0.788. The number of thiocarbonyl (C=S) groups is 1. The van der Waals surface area contributed by atoms with E-state index in [1.54, 1.807) is 6.07 Å². The Labute approximate surface area is 130 Å². The second kappa shape index (κ2) is 6.73. The molecule has 2 aromatic rings. The Morgan fingerprint density at radius 3 is 2.60 bits per heavy atom. The molecule has 0 fully saturated rings. The van der Waals surface area contributed by atoms with Crippen LogP contribution in [0, 0.1) is 0 Å². The number of halogens is 1. The van der Waals surface area contributed by atoms with E-state index in [-0.39, 0.29) is 0 Å². The summed E-state index contributed by atoms with van der Waals surface area (Å²) in [5, 5.41) is 3.99. The SMILES string of the molecule is CCCc1ccccc1Nc1ccc(C(N)=S)cc1Cl. The summed E-state index contributed by atoms with van der Waals surface area (Å²) in [6, 6.07) is 13.8. The molecule has 0 saturated carbocycles. The molecule has 4 heteroatoms. The first-order valence-electron chi connectivity index (χ1n) is 6.56. The number of rotatable bonds is 5. The Balaban J connectivity index is 2.28. The number of nitrogens with one attached hydrogen (secondary N) is 1. The van der Waals surface area contributed by atoms with Gasteiger partial charge in [0, 0.05) is 11.3 Å². The molecule has 0 aromatic heterocycles. The van der Waals surface area contributed by atoms with Crippen LogP contribution in [0.1, 0.15) is 24.5 Å². The molecule has 0 aliphatic rings. The van der Waals surface area contributed by atoms with Gasteiger partial charge in [0.2, 0.25) is 0 Å². The van der Waals surface area contributed by atoms with Gasteiger partial charge in [0.1, 0.15) is 4.99 Å². The minimum absolute atomic E-state index is 0.352. The molecule has 0 spiro atoms. The number of hydrogen-bond donors (Lipinski definition) is 2. The van der Waals surface area contributed by atoms with Gasteiger partial charge in [0.25, 0.3) is 0 Å². The average Bonchev–Trinajstić information content (AvgIpc) is 2.43. The van der Waals surface area contributed by atoms with Gasteiger partial charge in [-0.25, -0.2) is 0 Å². The van der Waals surface area contributed by atoms with Crippen LogP contribution < -0.4 is 11.1 Å². The Morgan fingerprint density at radius 1 is 1.20 bits per heavy atom. The third-order valence-corrected chi connectivity index (χ3v) is 3.61. The van der Waals surface area contributed by atoms with Crippen LogP contribution in [0.15, 0.2) is 42.5 Å². The molecule has 0 atom stereocenters. The van der Waals surface area contributed by atoms with Crippen molar-refractivity contribution in [3.05, 3.63) is 58.6 Å². The van der Waals surface area contributed by atoms with Crippen molar-refractivity contribution in [2.24, 2.45) is 5.73 Å². The minimum atomic E-state index is 0.352. The topological polar surface area (TPSA) is 38.0 Å². The summed E-state index contributed by atoms with van der Waals surface area (Å²) in [7, 11) is 0. The maximum absolute atomic E-state index is 6.28. The number of para-hydroxylation sites is 1. The highest BCUT2D eigenvalue weighted by Gasteiger charge is 2.06. The molecule has 0 aliphatic carbocycles. The Morgan fingerprint density at radius 2 is 1.95 bits per heavy atom. The van der Waals surface area contributed by atoms with Crippen molar-refractivity contribution < 1.29 is 0 Å². The molecule has 3 N–H and O–H groups in total. The lowest BCUT2D eigenvalue weighted by Gasteiger charge is -2.13. The van der Waals surface area contributed by atoms with Gasteiger partial charge in [-0.05, 0) is 36.2 Å². The first kappa shape index (κ1) is 14.8. The first-order valence-corrected chi connectivity index (χ1v) is 7.34. The van der Waals surface area contributed by atoms with Crippen LogP contribution in [0.4, 0.5) is 11.4 Å². The normalized spacial score (nSPS) is 10.3. The van der Waals surface area contributed by atoms with Crippen LogP contribution >= 0.6 is 23.8 Å². The van der Waals surface area contributed by atoms with Crippen molar-refractivity contribution in [1.82, 2.24) is 0 Å². The summed E-state index contributed by atoms with van der Waals surface area (Å²) in [4.78, 5) is 0.352. The van der Waals surface area contributed by atoms with E-state index in [1.165, 1.54) is 5.56 Å².